The van der Waals surface area contributed by atoms with Gasteiger partial charge in [-0.3, -0.25) is 4.79 Å². The van der Waals surface area contributed by atoms with Gasteiger partial charge in [0.05, 0.1) is 10.6 Å². The Kier molecular flexibility index (Phi) is 2.88. The summed E-state index contributed by atoms with van der Waals surface area (Å²) in [6.07, 6.45) is 0. The van der Waals surface area contributed by atoms with Crippen LogP contribution in [0.1, 0.15) is 15.9 Å². The largest absolute Gasteiger partial charge is 0.355 e. The molecule has 0 saturated carbocycles. The number of amides is 1. The number of hydrogen-bond acceptors (Lipinski definition) is 2. The molecule has 13 heavy (non-hydrogen) atoms. The molecule has 4 heteroatoms. The molecule has 1 N–H and O–H groups in total. The normalized spacial score (nSPS) is 9.00. The summed E-state index contributed by atoms with van der Waals surface area (Å²) in [6.45, 7) is 0. The minimum atomic E-state index is -0.216. The van der Waals surface area contributed by atoms with E-state index in [1.807, 2.05) is 6.07 Å². The van der Waals surface area contributed by atoms with Crippen molar-refractivity contribution in [1.82, 2.24) is 5.32 Å². The molecule has 0 heterocycles. The van der Waals surface area contributed by atoms with E-state index in [-0.39, 0.29) is 5.91 Å². The number of halogens is 1. The average molecular weight is 195 g/mol. The Morgan fingerprint density at radius 2 is 2.31 bits per heavy atom. The van der Waals surface area contributed by atoms with Crippen molar-refractivity contribution in [3.8, 4) is 6.07 Å². The Balaban J connectivity index is 3.11. The van der Waals surface area contributed by atoms with Gasteiger partial charge in [0.15, 0.2) is 0 Å². The Bertz CT molecular complexity index is 382. The van der Waals surface area contributed by atoms with Crippen LogP contribution in [0, 0.1) is 11.3 Å². The van der Waals surface area contributed by atoms with Crippen LogP contribution in [0.2, 0.25) is 5.02 Å². The van der Waals surface area contributed by atoms with Gasteiger partial charge in [0, 0.05) is 12.6 Å². The summed E-state index contributed by atoms with van der Waals surface area (Å²) in [7, 11) is 1.54. The van der Waals surface area contributed by atoms with Crippen LogP contribution in [0.25, 0.3) is 0 Å². The van der Waals surface area contributed by atoms with Crippen molar-refractivity contribution < 1.29 is 4.79 Å². The second kappa shape index (κ2) is 3.92. The highest BCUT2D eigenvalue weighted by Crippen LogP contribution is 2.16. The van der Waals surface area contributed by atoms with Crippen molar-refractivity contribution in [2.75, 3.05) is 7.05 Å². The standard InChI is InChI=1S/C9H7ClN2O/c1-12-9(13)6-2-3-7(5-11)8(10)4-6/h2-4H,1H3,(H,12,13). The Morgan fingerprint density at radius 1 is 1.62 bits per heavy atom. The van der Waals surface area contributed by atoms with Gasteiger partial charge in [-0.05, 0) is 18.2 Å². The third-order valence-electron chi connectivity index (χ3n) is 1.58. The molecule has 0 radical (unpaired) electrons. The first-order valence-electron chi connectivity index (χ1n) is 3.60. The summed E-state index contributed by atoms with van der Waals surface area (Å²) in [6, 6.07) is 6.47. The zero-order chi connectivity index (χ0) is 9.84. The minimum absolute atomic E-state index is 0.216. The number of hydrogen-bond donors (Lipinski definition) is 1. The van der Waals surface area contributed by atoms with E-state index in [2.05, 4.69) is 5.32 Å². The van der Waals surface area contributed by atoms with Crippen LogP contribution < -0.4 is 5.32 Å². The molecule has 0 bridgehead atoms. The lowest BCUT2D eigenvalue weighted by Crippen LogP contribution is -2.17. The molecule has 0 saturated heterocycles. The third-order valence-corrected chi connectivity index (χ3v) is 1.89. The number of carbonyl (C=O) groups excluding carboxylic acids is 1. The summed E-state index contributed by atoms with van der Waals surface area (Å²) in [5.41, 5.74) is 0.820. The Hall–Kier alpha value is -1.53. The van der Waals surface area contributed by atoms with Crippen molar-refractivity contribution in [1.29, 1.82) is 5.26 Å². The van der Waals surface area contributed by atoms with E-state index in [1.54, 1.807) is 6.07 Å². The molecule has 0 unspecified atom stereocenters. The van der Waals surface area contributed by atoms with E-state index in [0.29, 0.717) is 16.1 Å². The van der Waals surface area contributed by atoms with Gasteiger partial charge in [0.1, 0.15) is 6.07 Å². The highest BCUT2D eigenvalue weighted by Gasteiger charge is 2.05. The van der Waals surface area contributed by atoms with E-state index in [1.165, 1.54) is 19.2 Å². The third kappa shape index (κ3) is 1.98. The number of nitriles is 1. The molecule has 0 aromatic heterocycles. The van der Waals surface area contributed by atoms with Crippen LogP contribution in [-0.2, 0) is 0 Å². The summed E-state index contributed by atoms with van der Waals surface area (Å²) >= 11 is 5.73. The maximum Gasteiger partial charge on any atom is 0.251 e. The zero-order valence-corrected chi connectivity index (χ0v) is 7.72. The van der Waals surface area contributed by atoms with Crippen LogP contribution in [0.3, 0.4) is 0 Å². The fourth-order valence-corrected chi connectivity index (χ4v) is 1.11. The highest BCUT2D eigenvalue weighted by molar-refractivity contribution is 6.32. The predicted molar refractivity (Wildman–Crippen MR) is 49.6 cm³/mol. The highest BCUT2D eigenvalue weighted by atomic mass is 35.5. The Labute approximate surface area is 80.9 Å². The summed E-state index contributed by atoms with van der Waals surface area (Å²) in [4.78, 5) is 11.1. The molecular formula is C9H7ClN2O. The fourth-order valence-electron chi connectivity index (χ4n) is 0.891. The molecule has 0 fully saturated rings. The molecular weight excluding hydrogens is 188 g/mol. The smallest absolute Gasteiger partial charge is 0.251 e. The second-order valence-corrected chi connectivity index (χ2v) is 2.79. The number of carbonyl (C=O) groups is 1. The molecule has 1 rings (SSSR count). The van der Waals surface area contributed by atoms with E-state index in [4.69, 9.17) is 16.9 Å². The number of nitrogens with zero attached hydrogens (tertiary/aromatic N) is 1. The fraction of sp³-hybridized carbons (Fsp3) is 0.111. The predicted octanol–water partition coefficient (Wildman–Crippen LogP) is 1.57. The molecule has 66 valence electrons. The van der Waals surface area contributed by atoms with E-state index in [0.717, 1.165) is 0 Å². The number of nitrogens with one attached hydrogen (secondary N) is 1. The first-order valence-corrected chi connectivity index (χ1v) is 3.98. The van der Waals surface area contributed by atoms with E-state index >= 15 is 0 Å². The van der Waals surface area contributed by atoms with Crippen LogP contribution >= 0.6 is 11.6 Å². The molecule has 0 spiro atoms. The molecule has 0 atom stereocenters. The van der Waals surface area contributed by atoms with Gasteiger partial charge in [-0.15, -0.1) is 0 Å². The average Bonchev–Trinajstić information content (AvgIpc) is 2.16. The first-order chi connectivity index (χ1) is 6.19. The topological polar surface area (TPSA) is 52.9 Å². The second-order valence-electron chi connectivity index (χ2n) is 2.39. The van der Waals surface area contributed by atoms with Crippen molar-refractivity contribution >= 4 is 17.5 Å². The summed E-state index contributed by atoms with van der Waals surface area (Å²) in [5.74, 6) is -0.216. The molecule has 1 aromatic carbocycles. The van der Waals surface area contributed by atoms with Gasteiger partial charge in [0.25, 0.3) is 5.91 Å². The van der Waals surface area contributed by atoms with Gasteiger partial charge < -0.3 is 5.32 Å². The quantitative estimate of drug-likeness (QED) is 0.738. The SMILES string of the molecule is CNC(=O)c1ccc(C#N)c(Cl)c1. The molecule has 0 aliphatic carbocycles. The van der Waals surface area contributed by atoms with Crippen molar-refractivity contribution in [2.24, 2.45) is 0 Å². The summed E-state index contributed by atoms with van der Waals surface area (Å²) < 4.78 is 0. The van der Waals surface area contributed by atoms with Gasteiger partial charge in [-0.1, -0.05) is 11.6 Å². The van der Waals surface area contributed by atoms with Gasteiger partial charge in [0.2, 0.25) is 0 Å². The lowest BCUT2D eigenvalue weighted by molar-refractivity contribution is 0.0963. The molecule has 0 aliphatic rings. The van der Waals surface area contributed by atoms with Crippen molar-refractivity contribution in [2.45, 2.75) is 0 Å². The van der Waals surface area contributed by atoms with Gasteiger partial charge in [-0.2, -0.15) is 5.26 Å². The van der Waals surface area contributed by atoms with Crippen LogP contribution in [0.15, 0.2) is 18.2 Å². The van der Waals surface area contributed by atoms with Crippen LogP contribution in [-0.4, -0.2) is 13.0 Å². The first kappa shape index (κ1) is 9.56. The van der Waals surface area contributed by atoms with E-state index in [9.17, 15) is 4.79 Å². The van der Waals surface area contributed by atoms with Crippen LogP contribution in [0.5, 0.6) is 0 Å². The number of benzene rings is 1. The molecule has 1 aromatic rings. The maximum absolute atomic E-state index is 11.1. The number of rotatable bonds is 1. The molecule has 0 aliphatic heterocycles. The lowest BCUT2D eigenvalue weighted by Gasteiger charge is -2.00. The Morgan fingerprint density at radius 3 is 2.77 bits per heavy atom. The monoisotopic (exact) mass is 194 g/mol. The maximum atomic E-state index is 11.1. The van der Waals surface area contributed by atoms with Crippen LogP contribution in [0.4, 0.5) is 0 Å². The van der Waals surface area contributed by atoms with Crippen molar-refractivity contribution in [3.05, 3.63) is 34.3 Å². The molecule has 1 amide bonds. The minimum Gasteiger partial charge on any atom is -0.355 e. The van der Waals surface area contributed by atoms with Crippen molar-refractivity contribution in [3.63, 3.8) is 0 Å². The van der Waals surface area contributed by atoms with Gasteiger partial charge in [-0.25, -0.2) is 0 Å². The van der Waals surface area contributed by atoms with Gasteiger partial charge >= 0.3 is 0 Å². The lowest BCUT2D eigenvalue weighted by atomic mass is 10.1. The molecule has 3 nitrogen and oxygen atoms in total. The summed E-state index contributed by atoms with van der Waals surface area (Å²) in [5, 5.41) is 11.3. The zero-order valence-electron chi connectivity index (χ0n) is 6.97. The van der Waals surface area contributed by atoms with E-state index < -0.39 is 0 Å².